The maximum Gasteiger partial charge on any atom is 0.407 e. The van der Waals surface area contributed by atoms with Gasteiger partial charge in [0.1, 0.15) is 0 Å². The molecule has 0 saturated carbocycles. The molecule has 0 unspecified atom stereocenters. The van der Waals surface area contributed by atoms with Gasteiger partial charge in [-0.2, -0.15) is 4.98 Å². The van der Waals surface area contributed by atoms with Crippen LogP contribution in [0, 0.1) is 0 Å². The Morgan fingerprint density at radius 3 is 2.38 bits per heavy atom. The van der Waals surface area contributed by atoms with Crippen molar-refractivity contribution in [1.82, 2.24) is 15.0 Å². The van der Waals surface area contributed by atoms with E-state index in [4.69, 9.17) is 9.63 Å². The fourth-order valence-electron chi connectivity index (χ4n) is 4.01. The number of sulfone groups is 1. The van der Waals surface area contributed by atoms with Crippen LogP contribution in [0.1, 0.15) is 42.8 Å². The van der Waals surface area contributed by atoms with E-state index in [9.17, 15) is 13.2 Å². The van der Waals surface area contributed by atoms with Gasteiger partial charge in [-0.3, -0.25) is 0 Å². The quantitative estimate of drug-likeness (QED) is 0.801. The normalized spacial score (nSPS) is 20.9. The Morgan fingerprint density at radius 2 is 1.76 bits per heavy atom. The molecule has 2 aliphatic heterocycles. The third kappa shape index (κ3) is 4.21. The molecule has 1 aromatic heterocycles. The van der Waals surface area contributed by atoms with Gasteiger partial charge in [-0.25, -0.2) is 13.2 Å². The highest BCUT2D eigenvalue weighted by Crippen LogP contribution is 2.32. The molecule has 0 aliphatic carbocycles. The van der Waals surface area contributed by atoms with Crippen molar-refractivity contribution in [3.05, 3.63) is 36.0 Å². The molecular weight excluding hydrogens is 396 g/mol. The van der Waals surface area contributed by atoms with Crippen LogP contribution in [-0.2, 0) is 9.84 Å². The van der Waals surface area contributed by atoms with Gasteiger partial charge in [-0.1, -0.05) is 5.16 Å². The predicted octanol–water partition coefficient (Wildman–Crippen LogP) is 2.32. The van der Waals surface area contributed by atoms with Crippen LogP contribution in [0.5, 0.6) is 0 Å². The lowest BCUT2D eigenvalue weighted by atomic mass is 9.96. The number of hydrogen-bond donors (Lipinski definition) is 1. The van der Waals surface area contributed by atoms with E-state index in [0.717, 1.165) is 25.2 Å². The average molecular weight is 420 g/mol. The predicted molar refractivity (Wildman–Crippen MR) is 105 cm³/mol. The summed E-state index contributed by atoms with van der Waals surface area (Å²) in [6.45, 7) is 2.55. The molecule has 2 saturated heterocycles. The zero-order chi connectivity index (χ0) is 20.6. The number of carbonyl (C=O) groups is 1. The zero-order valence-electron chi connectivity index (χ0n) is 16.2. The van der Waals surface area contributed by atoms with Gasteiger partial charge in [0, 0.05) is 44.0 Å². The molecule has 3 heterocycles. The molecule has 0 spiro atoms. The smallest absolute Gasteiger partial charge is 0.407 e. The van der Waals surface area contributed by atoms with Crippen LogP contribution in [0.4, 0.5) is 10.5 Å². The Balaban J connectivity index is 1.38. The second-order valence-electron chi connectivity index (χ2n) is 7.73. The number of benzene rings is 1. The van der Waals surface area contributed by atoms with Gasteiger partial charge in [0.15, 0.2) is 15.7 Å². The molecular formula is C19H24N4O5S. The molecule has 2 aromatic rings. The summed E-state index contributed by atoms with van der Waals surface area (Å²) in [6, 6.07) is 6.92. The Labute approximate surface area is 169 Å². The van der Waals surface area contributed by atoms with Crippen molar-refractivity contribution < 1.29 is 22.8 Å². The Morgan fingerprint density at radius 1 is 1.10 bits per heavy atom. The van der Waals surface area contributed by atoms with Crippen LogP contribution in [0.3, 0.4) is 0 Å². The number of hydrogen-bond acceptors (Lipinski definition) is 7. The molecule has 1 aromatic carbocycles. The molecule has 2 aliphatic rings. The molecule has 29 heavy (non-hydrogen) atoms. The van der Waals surface area contributed by atoms with Crippen molar-refractivity contribution in [2.45, 2.75) is 36.0 Å². The number of piperidine rings is 1. The summed E-state index contributed by atoms with van der Waals surface area (Å²) in [5, 5.41) is 13.2. The van der Waals surface area contributed by atoms with Crippen molar-refractivity contribution in [1.29, 1.82) is 0 Å². The topological polar surface area (TPSA) is 117 Å². The van der Waals surface area contributed by atoms with Crippen molar-refractivity contribution in [3.63, 3.8) is 0 Å². The van der Waals surface area contributed by atoms with E-state index in [1.807, 2.05) is 12.1 Å². The number of aromatic nitrogens is 2. The van der Waals surface area contributed by atoms with Crippen LogP contribution in [0.25, 0.3) is 0 Å². The summed E-state index contributed by atoms with van der Waals surface area (Å²) >= 11 is 0. The van der Waals surface area contributed by atoms with Crippen LogP contribution >= 0.6 is 0 Å². The maximum atomic E-state index is 11.6. The molecule has 0 bridgehead atoms. The fourth-order valence-corrected chi connectivity index (χ4v) is 4.64. The lowest BCUT2D eigenvalue weighted by Crippen LogP contribution is -2.37. The summed E-state index contributed by atoms with van der Waals surface area (Å²) in [5.74, 6) is 1.55. The third-order valence-corrected chi connectivity index (χ3v) is 6.88. The molecule has 1 atom stereocenters. The summed E-state index contributed by atoms with van der Waals surface area (Å²) < 4.78 is 28.8. The van der Waals surface area contributed by atoms with E-state index >= 15 is 0 Å². The van der Waals surface area contributed by atoms with Crippen molar-refractivity contribution in [3.8, 4) is 0 Å². The van der Waals surface area contributed by atoms with Crippen LogP contribution < -0.4 is 4.90 Å². The van der Waals surface area contributed by atoms with Gasteiger partial charge in [0.2, 0.25) is 5.89 Å². The second-order valence-corrected chi connectivity index (χ2v) is 9.75. The van der Waals surface area contributed by atoms with E-state index in [1.165, 1.54) is 11.2 Å². The van der Waals surface area contributed by atoms with E-state index in [2.05, 4.69) is 15.0 Å². The number of nitrogens with zero attached hydrogens (tertiary/aromatic N) is 4. The summed E-state index contributed by atoms with van der Waals surface area (Å²) in [4.78, 5) is 19.6. The second kappa shape index (κ2) is 7.66. The van der Waals surface area contributed by atoms with Crippen molar-refractivity contribution in [2.75, 3.05) is 37.3 Å². The number of anilines is 1. The minimum absolute atomic E-state index is 0.129. The molecule has 4 rings (SSSR count). The average Bonchev–Trinajstić information content (AvgIpc) is 3.37. The van der Waals surface area contributed by atoms with E-state index < -0.39 is 15.9 Å². The zero-order valence-corrected chi connectivity index (χ0v) is 17.0. The number of carboxylic acid groups (broad SMARTS) is 1. The Hall–Kier alpha value is -2.62. The van der Waals surface area contributed by atoms with Gasteiger partial charge in [-0.05, 0) is 43.5 Å². The Kier molecular flexibility index (Phi) is 5.20. The van der Waals surface area contributed by atoms with Gasteiger partial charge < -0.3 is 19.4 Å². The molecule has 156 valence electrons. The summed E-state index contributed by atoms with van der Waals surface area (Å²) in [7, 11) is -3.20. The molecule has 1 amide bonds. The first-order valence-corrected chi connectivity index (χ1v) is 11.6. The summed E-state index contributed by atoms with van der Waals surface area (Å²) in [5.41, 5.74) is 0.973. The lowest BCUT2D eigenvalue weighted by Gasteiger charge is -2.28. The lowest BCUT2D eigenvalue weighted by molar-refractivity contribution is 0.131. The minimum atomic E-state index is -3.20. The van der Waals surface area contributed by atoms with Gasteiger partial charge in [0.05, 0.1) is 10.8 Å². The molecule has 9 nitrogen and oxygen atoms in total. The third-order valence-electron chi connectivity index (χ3n) is 5.76. The van der Waals surface area contributed by atoms with Crippen LogP contribution in [-0.4, -0.2) is 67.1 Å². The standard InChI is InChI=1S/C19H24N4O5S/c1-29(26,27)16-4-2-15(3-5-16)23-11-8-14(12-23)18-20-17(21-28-18)13-6-9-22(10-7-13)19(24)25/h2-5,13-14H,6-12H2,1H3,(H,24,25)/t14-/m0/s1. The molecule has 2 fully saturated rings. The van der Waals surface area contributed by atoms with E-state index in [0.29, 0.717) is 42.5 Å². The largest absolute Gasteiger partial charge is 0.465 e. The van der Waals surface area contributed by atoms with Gasteiger partial charge >= 0.3 is 6.09 Å². The van der Waals surface area contributed by atoms with Crippen LogP contribution in [0.15, 0.2) is 33.7 Å². The minimum Gasteiger partial charge on any atom is -0.465 e. The van der Waals surface area contributed by atoms with E-state index in [1.54, 1.807) is 12.1 Å². The van der Waals surface area contributed by atoms with Gasteiger partial charge in [0.25, 0.3) is 0 Å². The first-order valence-electron chi connectivity index (χ1n) is 9.67. The highest BCUT2D eigenvalue weighted by atomic mass is 32.2. The first kappa shape index (κ1) is 19.7. The van der Waals surface area contributed by atoms with Crippen LogP contribution in [0.2, 0.25) is 0 Å². The van der Waals surface area contributed by atoms with E-state index in [-0.39, 0.29) is 11.8 Å². The van der Waals surface area contributed by atoms with Gasteiger partial charge in [-0.15, -0.1) is 0 Å². The summed E-state index contributed by atoms with van der Waals surface area (Å²) in [6.07, 6.45) is 2.61. The molecule has 10 heteroatoms. The van der Waals surface area contributed by atoms with Crippen molar-refractivity contribution >= 4 is 21.6 Å². The van der Waals surface area contributed by atoms with Crippen molar-refractivity contribution in [2.24, 2.45) is 0 Å². The monoisotopic (exact) mass is 420 g/mol. The number of likely N-dealkylation sites (tertiary alicyclic amines) is 1. The highest BCUT2D eigenvalue weighted by molar-refractivity contribution is 7.90. The first-order chi connectivity index (χ1) is 13.8. The maximum absolute atomic E-state index is 11.6. The number of amides is 1. The Bertz CT molecular complexity index is 980. The molecule has 0 radical (unpaired) electrons. The number of rotatable bonds is 4. The fraction of sp³-hybridized carbons (Fsp3) is 0.526. The SMILES string of the molecule is CS(=O)(=O)c1ccc(N2CC[C@H](c3nc(C4CCN(C(=O)O)CC4)no3)C2)cc1. The molecule has 1 N–H and O–H groups in total. The highest BCUT2D eigenvalue weighted by Gasteiger charge is 2.31.